The Morgan fingerprint density at radius 1 is 1.25 bits per heavy atom. The van der Waals surface area contributed by atoms with Crippen LogP contribution in [0.15, 0.2) is 24.3 Å². The highest BCUT2D eigenvalue weighted by Crippen LogP contribution is 2.37. The summed E-state index contributed by atoms with van der Waals surface area (Å²) in [4.78, 5) is 2.36. The molecule has 2 atom stereocenters. The van der Waals surface area contributed by atoms with Crippen LogP contribution < -0.4 is 5.32 Å². The molecule has 1 aromatic rings. The van der Waals surface area contributed by atoms with Gasteiger partial charge in [0, 0.05) is 32.2 Å². The monoisotopic (exact) mass is 332 g/mol. The highest BCUT2D eigenvalue weighted by molar-refractivity contribution is 5.29. The lowest BCUT2D eigenvalue weighted by molar-refractivity contribution is -0.0703. The summed E-state index contributed by atoms with van der Waals surface area (Å²) in [7, 11) is 0. The van der Waals surface area contributed by atoms with Gasteiger partial charge in [0.1, 0.15) is 0 Å². The van der Waals surface area contributed by atoms with Crippen molar-refractivity contribution >= 4 is 0 Å². The van der Waals surface area contributed by atoms with Crippen LogP contribution in [-0.2, 0) is 17.7 Å². The van der Waals surface area contributed by atoms with Crippen LogP contribution >= 0.6 is 0 Å². The van der Waals surface area contributed by atoms with Crippen LogP contribution in [-0.4, -0.2) is 53.0 Å². The van der Waals surface area contributed by atoms with Gasteiger partial charge < -0.3 is 15.2 Å². The molecule has 4 heteroatoms. The van der Waals surface area contributed by atoms with Crippen LogP contribution in [0.4, 0.5) is 0 Å². The minimum Gasteiger partial charge on any atom is -0.390 e. The molecule has 0 radical (unpaired) electrons. The zero-order valence-corrected chi connectivity index (χ0v) is 15.5. The van der Waals surface area contributed by atoms with Gasteiger partial charge in [-0.1, -0.05) is 24.3 Å². The van der Waals surface area contributed by atoms with Crippen molar-refractivity contribution in [2.24, 2.45) is 0 Å². The second kappa shape index (κ2) is 6.75. The van der Waals surface area contributed by atoms with Gasteiger partial charge in [-0.05, 0) is 51.7 Å². The fourth-order valence-electron chi connectivity index (χ4n) is 4.23. The van der Waals surface area contributed by atoms with Crippen LogP contribution in [0.1, 0.15) is 45.2 Å². The number of benzene rings is 1. The first-order chi connectivity index (χ1) is 11.3. The summed E-state index contributed by atoms with van der Waals surface area (Å²) < 4.78 is 6.12. The molecule has 2 aliphatic rings. The van der Waals surface area contributed by atoms with Crippen molar-refractivity contribution in [2.45, 2.75) is 70.4 Å². The van der Waals surface area contributed by atoms with Crippen LogP contribution in [0.2, 0.25) is 0 Å². The molecule has 1 saturated heterocycles. The Morgan fingerprint density at radius 2 is 1.96 bits per heavy atom. The molecule has 0 amide bonds. The predicted molar refractivity (Wildman–Crippen MR) is 97.1 cm³/mol. The van der Waals surface area contributed by atoms with Crippen molar-refractivity contribution in [1.82, 2.24) is 10.2 Å². The summed E-state index contributed by atoms with van der Waals surface area (Å²) in [5.74, 6) is 0. The Morgan fingerprint density at radius 3 is 2.62 bits per heavy atom. The largest absolute Gasteiger partial charge is 0.390 e. The van der Waals surface area contributed by atoms with Crippen LogP contribution in [0.3, 0.4) is 0 Å². The van der Waals surface area contributed by atoms with E-state index in [4.69, 9.17) is 4.74 Å². The van der Waals surface area contributed by atoms with Gasteiger partial charge in [0.15, 0.2) is 0 Å². The number of nitrogens with one attached hydrogen (secondary N) is 1. The minimum atomic E-state index is -0.352. The molecule has 1 aromatic carbocycles. The van der Waals surface area contributed by atoms with E-state index in [1.165, 1.54) is 11.1 Å². The molecular weight excluding hydrogens is 300 g/mol. The highest BCUT2D eigenvalue weighted by Gasteiger charge is 2.45. The minimum absolute atomic E-state index is 0.0945. The van der Waals surface area contributed by atoms with E-state index in [0.717, 1.165) is 32.5 Å². The number of aliphatic hydroxyl groups is 1. The molecular formula is C20H32N2O2. The molecule has 0 bridgehead atoms. The van der Waals surface area contributed by atoms with E-state index in [9.17, 15) is 5.11 Å². The molecule has 3 rings (SSSR count). The van der Waals surface area contributed by atoms with Crippen molar-refractivity contribution in [2.75, 3.05) is 19.6 Å². The van der Waals surface area contributed by atoms with Crippen molar-refractivity contribution in [1.29, 1.82) is 0 Å². The third kappa shape index (κ3) is 4.17. The summed E-state index contributed by atoms with van der Waals surface area (Å²) in [5.41, 5.74) is 2.57. The highest BCUT2D eigenvalue weighted by atomic mass is 16.5. The molecule has 0 saturated carbocycles. The molecule has 2 heterocycles. The number of rotatable bonds is 5. The molecule has 2 aliphatic heterocycles. The van der Waals surface area contributed by atoms with E-state index in [-0.39, 0.29) is 23.3 Å². The number of nitrogens with zero attached hydrogens (tertiary/aromatic N) is 1. The third-order valence-corrected chi connectivity index (χ3v) is 5.35. The smallest absolute Gasteiger partial charge is 0.0791 e. The molecule has 4 nitrogen and oxygen atoms in total. The van der Waals surface area contributed by atoms with Gasteiger partial charge in [-0.25, -0.2) is 0 Å². The Balaban J connectivity index is 1.48. The van der Waals surface area contributed by atoms with Gasteiger partial charge in [0.2, 0.25) is 0 Å². The van der Waals surface area contributed by atoms with Gasteiger partial charge >= 0.3 is 0 Å². The van der Waals surface area contributed by atoms with Crippen molar-refractivity contribution in [3.05, 3.63) is 35.4 Å². The van der Waals surface area contributed by atoms with E-state index < -0.39 is 0 Å². The molecule has 134 valence electrons. The molecule has 1 fully saturated rings. The maximum atomic E-state index is 10.5. The van der Waals surface area contributed by atoms with E-state index in [0.29, 0.717) is 6.54 Å². The average Bonchev–Trinajstić information content (AvgIpc) is 2.72. The fraction of sp³-hybridized carbons (Fsp3) is 0.700. The first-order valence-electron chi connectivity index (χ1n) is 9.16. The van der Waals surface area contributed by atoms with Crippen LogP contribution in [0, 0.1) is 0 Å². The van der Waals surface area contributed by atoms with Crippen LogP contribution in [0.5, 0.6) is 0 Å². The Labute approximate surface area is 146 Å². The Bertz CT molecular complexity index is 571. The molecule has 2 unspecified atom stereocenters. The molecule has 0 spiro atoms. The lowest BCUT2D eigenvalue weighted by Crippen LogP contribution is -2.48. The number of hydrogen-bond acceptors (Lipinski definition) is 4. The summed E-state index contributed by atoms with van der Waals surface area (Å²) in [6.07, 6.45) is 1.70. The van der Waals surface area contributed by atoms with Crippen LogP contribution in [0.25, 0.3) is 0 Å². The fourth-order valence-corrected chi connectivity index (χ4v) is 4.23. The number of ether oxygens (including phenoxy) is 1. The zero-order chi connectivity index (χ0) is 17.4. The topological polar surface area (TPSA) is 44.7 Å². The second-order valence-electron chi connectivity index (χ2n) is 8.54. The second-order valence-corrected chi connectivity index (χ2v) is 8.54. The first-order valence-corrected chi connectivity index (χ1v) is 9.16. The Hall–Kier alpha value is -0.940. The van der Waals surface area contributed by atoms with Crippen molar-refractivity contribution in [3.63, 3.8) is 0 Å². The zero-order valence-electron chi connectivity index (χ0n) is 15.5. The lowest BCUT2D eigenvalue weighted by atomic mass is 9.94. The van der Waals surface area contributed by atoms with Gasteiger partial charge in [-0.15, -0.1) is 0 Å². The van der Waals surface area contributed by atoms with Gasteiger partial charge in [0.05, 0.1) is 17.3 Å². The molecule has 0 aromatic heterocycles. The van der Waals surface area contributed by atoms with Gasteiger partial charge in [0.25, 0.3) is 0 Å². The van der Waals surface area contributed by atoms with E-state index in [1.807, 2.05) is 0 Å². The SMILES string of the molecule is CC1(C)CC(NCC(O)CN2CCc3ccccc3C2)C(C)(C)O1. The average molecular weight is 332 g/mol. The number of fused-ring (bicyclic) bond motifs is 1. The first kappa shape index (κ1) is 17.9. The molecule has 2 N–H and O–H groups in total. The van der Waals surface area contributed by atoms with Crippen molar-refractivity contribution < 1.29 is 9.84 Å². The van der Waals surface area contributed by atoms with E-state index in [2.05, 4.69) is 62.2 Å². The van der Waals surface area contributed by atoms with Crippen molar-refractivity contribution in [3.8, 4) is 0 Å². The molecule has 0 aliphatic carbocycles. The third-order valence-electron chi connectivity index (χ3n) is 5.35. The standard InChI is InChI=1S/C20H32N2O2/c1-19(2)11-18(20(3,4)24-19)21-12-17(23)14-22-10-9-15-7-5-6-8-16(15)13-22/h5-8,17-18,21,23H,9-14H2,1-4H3. The quantitative estimate of drug-likeness (QED) is 0.869. The van der Waals surface area contributed by atoms with Gasteiger partial charge in [-0.2, -0.15) is 0 Å². The molecule has 24 heavy (non-hydrogen) atoms. The number of aliphatic hydroxyl groups excluding tert-OH is 1. The normalized spacial score (nSPS) is 27.0. The number of hydrogen-bond donors (Lipinski definition) is 2. The maximum absolute atomic E-state index is 10.5. The van der Waals surface area contributed by atoms with E-state index >= 15 is 0 Å². The number of β-amino-alcohol motifs (C(OH)–C–C–N with tert-alkyl or cyclic N) is 1. The summed E-state index contributed by atoms with van der Waals surface area (Å²) in [6.45, 7) is 11.8. The summed E-state index contributed by atoms with van der Waals surface area (Å²) in [6, 6.07) is 8.91. The summed E-state index contributed by atoms with van der Waals surface area (Å²) >= 11 is 0. The maximum Gasteiger partial charge on any atom is 0.0791 e. The summed E-state index contributed by atoms with van der Waals surface area (Å²) in [5, 5.41) is 14.0. The van der Waals surface area contributed by atoms with Gasteiger partial charge in [-0.3, -0.25) is 4.90 Å². The van der Waals surface area contributed by atoms with E-state index in [1.54, 1.807) is 0 Å². The lowest BCUT2D eigenvalue weighted by Gasteiger charge is -2.32. The Kier molecular flexibility index (Phi) is 5.03. The predicted octanol–water partition coefficient (Wildman–Crippen LogP) is 2.34.